The molecule has 0 saturated carbocycles. The van der Waals surface area contributed by atoms with Gasteiger partial charge in [-0.05, 0) is 6.07 Å². The zero-order valence-electron chi connectivity index (χ0n) is 12.4. The van der Waals surface area contributed by atoms with E-state index < -0.39 is 54.5 Å². The number of carbonyl (C=O) groups is 1. The van der Waals surface area contributed by atoms with E-state index in [1.165, 1.54) is 7.11 Å². The van der Waals surface area contributed by atoms with Crippen LogP contribution < -0.4 is 4.74 Å². The molecule has 0 aromatic heterocycles. The van der Waals surface area contributed by atoms with Crippen molar-refractivity contribution < 1.29 is 39.4 Å². The van der Waals surface area contributed by atoms with Crippen LogP contribution in [0.3, 0.4) is 0 Å². The van der Waals surface area contributed by atoms with Gasteiger partial charge >= 0.3 is 5.97 Å². The first-order valence-electron chi connectivity index (χ1n) is 7.05. The molecule has 2 aliphatic heterocycles. The Labute approximate surface area is 135 Å². The first-order chi connectivity index (χ1) is 11.4. The van der Waals surface area contributed by atoms with Crippen molar-refractivity contribution in [3.63, 3.8) is 0 Å². The number of nitrogens with zero attached hydrogens (tertiary/aromatic N) is 1. The molecule has 24 heavy (non-hydrogen) atoms. The van der Waals surface area contributed by atoms with Gasteiger partial charge in [0.15, 0.2) is 23.6 Å². The Balaban J connectivity index is 2.18. The number of carbonyl (C=O) groups excluding carboxylic acids is 1. The van der Waals surface area contributed by atoms with E-state index in [2.05, 4.69) is 5.18 Å². The van der Waals surface area contributed by atoms with E-state index in [1.807, 2.05) is 0 Å². The van der Waals surface area contributed by atoms with E-state index in [0.717, 1.165) is 6.07 Å². The smallest absolute Gasteiger partial charge is 0.339 e. The Morgan fingerprint density at radius 1 is 1.38 bits per heavy atom. The number of fused-ring (bicyclic) bond motifs is 3. The fourth-order valence-electron chi connectivity index (χ4n) is 3.07. The van der Waals surface area contributed by atoms with Crippen LogP contribution in [0.15, 0.2) is 11.2 Å². The molecule has 130 valence electrons. The van der Waals surface area contributed by atoms with Crippen molar-refractivity contribution in [2.24, 2.45) is 5.18 Å². The second kappa shape index (κ2) is 5.89. The second-order valence-corrected chi connectivity index (χ2v) is 5.47. The van der Waals surface area contributed by atoms with Gasteiger partial charge in [-0.15, -0.1) is 0 Å². The highest BCUT2D eigenvalue weighted by atomic mass is 16.6. The average Bonchev–Trinajstić information content (AvgIpc) is 2.55. The third kappa shape index (κ3) is 2.19. The maximum atomic E-state index is 12.1. The van der Waals surface area contributed by atoms with Gasteiger partial charge in [0.25, 0.3) is 0 Å². The lowest BCUT2D eigenvalue weighted by atomic mass is 9.85. The Morgan fingerprint density at radius 3 is 2.67 bits per heavy atom. The quantitative estimate of drug-likeness (QED) is 0.423. The molecule has 0 radical (unpaired) electrons. The van der Waals surface area contributed by atoms with Gasteiger partial charge in [-0.1, -0.05) is 5.18 Å². The molecule has 2 heterocycles. The Morgan fingerprint density at radius 2 is 2.08 bits per heavy atom. The number of aromatic hydroxyl groups is 2. The largest absolute Gasteiger partial charge is 0.504 e. The molecule has 0 aliphatic carbocycles. The van der Waals surface area contributed by atoms with Crippen molar-refractivity contribution in [3.8, 4) is 17.2 Å². The predicted molar refractivity (Wildman–Crippen MR) is 75.8 cm³/mol. The maximum absolute atomic E-state index is 12.1. The molecule has 3 rings (SSSR count). The minimum Gasteiger partial charge on any atom is -0.504 e. The van der Waals surface area contributed by atoms with E-state index in [1.54, 1.807) is 0 Å². The lowest BCUT2D eigenvalue weighted by Crippen LogP contribution is -2.57. The number of esters is 1. The molecular formula is C14H15NO9. The van der Waals surface area contributed by atoms with Crippen LogP contribution in [0.2, 0.25) is 0 Å². The van der Waals surface area contributed by atoms with Crippen LogP contribution in [0.1, 0.15) is 22.0 Å². The van der Waals surface area contributed by atoms with Crippen molar-refractivity contribution >= 4 is 5.97 Å². The summed E-state index contributed by atoms with van der Waals surface area (Å²) in [5, 5.41) is 42.3. The third-order valence-electron chi connectivity index (χ3n) is 4.21. The molecule has 0 bridgehead atoms. The number of aliphatic hydroxyl groups excluding tert-OH is 2. The molecule has 1 fully saturated rings. The third-order valence-corrected chi connectivity index (χ3v) is 4.21. The number of aliphatic hydroxyl groups is 2. The summed E-state index contributed by atoms with van der Waals surface area (Å²) in [6, 6.07) is -0.352. The van der Waals surface area contributed by atoms with E-state index in [-0.39, 0.29) is 16.9 Å². The van der Waals surface area contributed by atoms with Gasteiger partial charge in [0, 0.05) is 5.56 Å². The van der Waals surface area contributed by atoms with Crippen LogP contribution in [-0.2, 0) is 9.47 Å². The molecule has 5 unspecified atom stereocenters. The van der Waals surface area contributed by atoms with Crippen molar-refractivity contribution in [3.05, 3.63) is 22.1 Å². The van der Waals surface area contributed by atoms with E-state index in [9.17, 15) is 30.1 Å². The molecule has 0 amide bonds. The molecular weight excluding hydrogens is 326 g/mol. The molecule has 5 atom stereocenters. The van der Waals surface area contributed by atoms with Crippen LogP contribution >= 0.6 is 0 Å². The molecule has 1 saturated heterocycles. The van der Waals surface area contributed by atoms with E-state index in [4.69, 9.17) is 14.2 Å². The fraction of sp³-hybridized carbons (Fsp3) is 0.500. The molecule has 0 spiro atoms. The molecule has 10 nitrogen and oxygen atoms in total. The average molecular weight is 341 g/mol. The lowest BCUT2D eigenvalue weighted by Gasteiger charge is -2.43. The van der Waals surface area contributed by atoms with Crippen molar-refractivity contribution in [1.82, 2.24) is 0 Å². The summed E-state index contributed by atoms with van der Waals surface area (Å²) in [6.45, 7) is -0.615. The van der Waals surface area contributed by atoms with Crippen LogP contribution in [0.25, 0.3) is 0 Å². The van der Waals surface area contributed by atoms with Crippen molar-refractivity contribution in [2.75, 3.05) is 13.7 Å². The SMILES string of the molecule is COc1c(O)cc2c(c1O)C1OC(CO)C(O)C(N=O)C1OC2=O. The van der Waals surface area contributed by atoms with Crippen LogP contribution in [0.4, 0.5) is 0 Å². The Hall–Kier alpha value is -2.43. The van der Waals surface area contributed by atoms with Crippen LogP contribution in [-0.4, -0.2) is 64.5 Å². The van der Waals surface area contributed by atoms with E-state index in [0.29, 0.717) is 0 Å². The lowest BCUT2D eigenvalue weighted by molar-refractivity contribution is -0.195. The first kappa shape index (κ1) is 16.4. The predicted octanol–water partition coefficient (Wildman–Crippen LogP) is -0.427. The van der Waals surface area contributed by atoms with Crippen LogP contribution in [0, 0.1) is 4.91 Å². The number of benzene rings is 1. The summed E-state index contributed by atoms with van der Waals surface area (Å²) < 4.78 is 15.5. The van der Waals surface area contributed by atoms with Gasteiger partial charge in [-0.3, -0.25) is 0 Å². The van der Waals surface area contributed by atoms with Crippen LogP contribution in [0.5, 0.6) is 17.2 Å². The number of hydrogen-bond acceptors (Lipinski definition) is 10. The van der Waals surface area contributed by atoms with Gasteiger partial charge < -0.3 is 34.6 Å². The number of rotatable bonds is 3. The standard InChI is InChI=1S/C14H15NO9/c1-22-11-5(17)2-4-7(10(11)19)12-13(24-14(4)20)8(15-21)9(18)6(3-16)23-12/h2,6,8-9,12-13,16-19H,3H2,1H3. The zero-order chi connectivity index (χ0) is 17.6. The highest BCUT2D eigenvalue weighted by molar-refractivity contribution is 5.95. The number of ether oxygens (including phenoxy) is 3. The molecule has 2 aliphatic rings. The summed E-state index contributed by atoms with van der Waals surface area (Å²) in [6.07, 6.45) is -5.11. The normalized spacial score (nSPS) is 31.6. The number of nitroso groups, excluding NO2 is 1. The maximum Gasteiger partial charge on any atom is 0.339 e. The number of phenols is 2. The number of phenolic OH excluding ortho intramolecular Hbond substituents is 2. The molecule has 1 aromatic rings. The van der Waals surface area contributed by atoms with Gasteiger partial charge in [-0.25, -0.2) is 4.79 Å². The summed E-state index contributed by atoms with van der Waals surface area (Å²) >= 11 is 0. The van der Waals surface area contributed by atoms with Gasteiger partial charge in [0.2, 0.25) is 5.75 Å². The van der Waals surface area contributed by atoms with Crippen molar-refractivity contribution in [2.45, 2.75) is 30.5 Å². The summed E-state index contributed by atoms with van der Waals surface area (Å²) in [5.41, 5.74) is -0.241. The number of hydrogen-bond donors (Lipinski definition) is 4. The minimum atomic E-state index is -1.48. The number of methoxy groups -OCH3 is 1. The fourth-order valence-corrected chi connectivity index (χ4v) is 3.07. The first-order valence-corrected chi connectivity index (χ1v) is 7.05. The topological polar surface area (TPSA) is 155 Å². The summed E-state index contributed by atoms with van der Waals surface area (Å²) in [5.74, 6) is -2.25. The molecule has 1 aromatic carbocycles. The highest BCUT2D eigenvalue weighted by Gasteiger charge is 2.53. The summed E-state index contributed by atoms with van der Waals surface area (Å²) in [7, 11) is 1.21. The molecule has 10 heteroatoms. The summed E-state index contributed by atoms with van der Waals surface area (Å²) in [4.78, 5) is 23.2. The minimum absolute atomic E-state index is 0.0649. The monoisotopic (exact) mass is 341 g/mol. The van der Waals surface area contributed by atoms with E-state index >= 15 is 0 Å². The highest BCUT2D eigenvalue weighted by Crippen LogP contribution is 2.50. The second-order valence-electron chi connectivity index (χ2n) is 5.47. The van der Waals surface area contributed by atoms with Gasteiger partial charge in [-0.2, -0.15) is 4.91 Å². The molecule has 4 N–H and O–H groups in total. The van der Waals surface area contributed by atoms with Gasteiger partial charge in [0.05, 0.1) is 19.3 Å². The Kier molecular flexibility index (Phi) is 4.03. The Bertz CT molecular complexity index is 691. The van der Waals surface area contributed by atoms with Gasteiger partial charge in [0.1, 0.15) is 18.3 Å². The zero-order valence-corrected chi connectivity index (χ0v) is 12.4. The van der Waals surface area contributed by atoms with Crippen molar-refractivity contribution in [1.29, 1.82) is 0 Å².